The van der Waals surface area contributed by atoms with Crippen LogP contribution in [0.15, 0.2) is 10.6 Å². The van der Waals surface area contributed by atoms with Gasteiger partial charge in [0.05, 0.1) is 19.3 Å². The van der Waals surface area contributed by atoms with Crippen LogP contribution < -0.4 is 5.32 Å². The second-order valence-corrected chi connectivity index (χ2v) is 4.57. The first kappa shape index (κ1) is 12.2. The predicted molar refractivity (Wildman–Crippen MR) is 58.7 cm³/mol. The van der Waals surface area contributed by atoms with Crippen LogP contribution in [0.2, 0.25) is 0 Å². The zero-order chi connectivity index (χ0) is 11.3. The minimum Gasteiger partial charge on any atom is -0.444 e. The van der Waals surface area contributed by atoms with Gasteiger partial charge in [0.2, 0.25) is 5.89 Å². The van der Waals surface area contributed by atoms with Crippen molar-refractivity contribution < 1.29 is 9.15 Å². The fourth-order valence-electron chi connectivity index (χ4n) is 1.09. The lowest BCUT2D eigenvalue weighted by Crippen LogP contribution is -2.35. The Hall–Kier alpha value is -0.870. The van der Waals surface area contributed by atoms with Crippen LogP contribution in [-0.4, -0.2) is 24.2 Å². The van der Waals surface area contributed by atoms with Gasteiger partial charge in [-0.1, -0.05) is 0 Å². The molecule has 86 valence electrons. The van der Waals surface area contributed by atoms with Crippen LogP contribution in [0.25, 0.3) is 0 Å². The first-order chi connectivity index (χ1) is 7.01. The van der Waals surface area contributed by atoms with Gasteiger partial charge in [-0.3, -0.25) is 0 Å². The van der Waals surface area contributed by atoms with E-state index in [1.165, 1.54) is 0 Å². The number of rotatable bonds is 5. The Kier molecular flexibility index (Phi) is 4.29. The van der Waals surface area contributed by atoms with Crippen LogP contribution in [-0.2, 0) is 17.7 Å². The summed E-state index contributed by atoms with van der Waals surface area (Å²) in [7, 11) is 1.68. The topological polar surface area (TPSA) is 47.3 Å². The molecule has 0 aromatic carbocycles. The molecule has 1 aromatic rings. The monoisotopic (exact) mass is 212 g/mol. The molecule has 0 amide bonds. The van der Waals surface area contributed by atoms with Crippen molar-refractivity contribution in [2.45, 2.75) is 39.3 Å². The highest BCUT2D eigenvalue weighted by molar-refractivity contribution is 4.94. The van der Waals surface area contributed by atoms with Gasteiger partial charge in [0.1, 0.15) is 5.76 Å². The van der Waals surface area contributed by atoms with Crippen molar-refractivity contribution in [1.29, 1.82) is 0 Å². The van der Waals surface area contributed by atoms with Crippen molar-refractivity contribution in [2.75, 3.05) is 13.7 Å². The van der Waals surface area contributed by atoms with E-state index in [0.29, 0.717) is 13.2 Å². The Morgan fingerprint density at radius 3 is 2.80 bits per heavy atom. The van der Waals surface area contributed by atoms with Crippen molar-refractivity contribution in [3.63, 3.8) is 0 Å². The summed E-state index contributed by atoms with van der Waals surface area (Å²) in [5.41, 5.74) is 0.0845. The number of hydrogen-bond acceptors (Lipinski definition) is 4. The maximum atomic E-state index is 5.53. The van der Waals surface area contributed by atoms with E-state index in [4.69, 9.17) is 9.15 Å². The molecule has 15 heavy (non-hydrogen) atoms. The lowest BCUT2D eigenvalue weighted by Gasteiger charge is -2.18. The molecule has 0 atom stereocenters. The van der Waals surface area contributed by atoms with E-state index in [1.807, 2.05) is 0 Å². The van der Waals surface area contributed by atoms with Crippen LogP contribution in [0.1, 0.15) is 32.4 Å². The summed E-state index contributed by atoms with van der Waals surface area (Å²) < 4.78 is 10.5. The largest absolute Gasteiger partial charge is 0.444 e. The van der Waals surface area contributed by atoms with Crippen LogP contribution in [0.5, 0.6) is 0 Å². The van der Waals surface area contributed by atoms with Gasteiger partial charge in [-0.25, -0.2) is 4.98 Å². The summed E-state index contributed by atoms with van der Waals surface area (Å²) in [6.07, 6.45) is 2.54. The third-order valence-electron chi connectivity index (χ3n) is 1.92. The molecule has 0 unspecified atom stereocenters. The highest BCUT2D eigenvalue weighted by Crippen LogP contribution is 2.06. The van der Waals surface area contributed by atoms with Crippen molar-refractivity contribution in [3.8, 4) is 0 Å². The van der Waals surface area contributed by atoms with Gasteiger partial charge in [0.25, 0.3) is 0 Å². The van der Waals surface area contributed by atoms with Crippen molar-refractivity contribution in [2.24, 2.45) is 0 Å². The molecule has 0 spiro atoms. The van der Waals surface area contributed by atoms with E-state index in [9.17, 15) is 0 Å². The SMILES string of the molecule is COCCc1cnc(CNC(C)(C)C)o1. The van der Waals surface area contributed by atoms with Gasteiger partial charge >= 0.3 is 0 Å². The Balaban J connectivity index is 2.39. The summed E-state index contributed by atoms with van der Waals surface area (Å²) in [4.78, 5) is 4.19. The zero-order valence-corrected chi connectivity index (χ0v) is 9.96. The van der Waals surface area contributed by atoms with Gasteiger partial charge in [-0.2, -0.15) is 0 Å². The van der Waals surface area contributed by atoms with E-state index in [1.54, 1.807) is 13.3 Å². The van der Waals surface area contributed by atoms with Crippen LogP contribution in [0, 0.1) is 0 Å². The smallest absolute Gasteiger partial charge is 0.208 e. The molecule has 1 heterocycles. The molecule has 0 bridgehead atoms. The molecule has 0 aliphatic carbocycles. The average Bonchev–Trinajstić information content (AvgIpc) is 2.58. The quantitative estimate of drug-likeness (QED) is 0.807. The summed E-state index contributed by atoms with van der Waals surface area (Å²) >= 11 is 0. The fourth-order valence-corrected chi connectivity index (χ4v) is 1.09. The maximum absolute atomic E-state index is 5.53. The molecule has 1 N–H and O–H groups in total. The van der Waals surface area contributed by atoms with Crippen molar-refractivity contribution in [3.05, 3.63) is 17.8 Å². The second kappa shape index (κ2) is 5.28. The minimum atomic E-state index is 0.0845. The predicted octanol–water partition coefficient (Wildman–Crippen LogP) is 1.75. The molecule has 4 heteroatoms. The first-order valence-corrected chi connectivity index (χ1v) is 5.19. The van der Waals surface area contributed by atoms with Gasteiger partial charge in [0.15, 0.2) is 0 Å². The van der Waals surface area contributed by atoms with E-state index in [0.717, 1.165) is 18.1 Å². The molecule has 0 aliphatic rings. The number of methoxy groups -OCH3 is 1. The standard InChI is InChI=1S/C11H20N2O2/c1-11(2,3)13-8-10-12-7-9(15-10)5-6-14-4/h7,13H,5-6,8H2,1-4H3. The Labute approximate surface area is 91.0 Å². The Morgan fingerprint density at radius 1 is 1.47 bits per heavy atom. The first-order valence-electron chi connectivity index (χ1n) is 5.19. The highest BCUT2D eigenvalue weighted by atomic mass is 16.5. The number of ether oxygens (including phenoxy) is 1. The molecule has 0 aliphatic heterocycles. The lowest BCUT2D eigenvalue weighted by molar-refractivity contribution is 0.195. The van der Waals surface area contributed by atoms with E-state index in [-0.39, 0.29) is 5.54 Å². The van der Waals surface area contributed by atoms with E-state index < -0.39 is 0 Å². The van der Waals surface area contributed by atoms with E-state index >= 15 is 0 Å². The summed E-state index contributed by atoms with van der Waals surface area (Å²) in [6.45, 7) is 7.67. The number of nitrogens with zero attached hydrogens (tertiary/aromatic N) is 1. The van der Waals surface area contributed by atoms with E-state index in [2.05, 4.69) is 31.1 Å². The van der Waals surface area contributed by atoms with Gasteiger partial charge in [-0.05, 0) is 20.8 Å². The van der Waals surface area contributed by atoms with Crippen LogP contribution in [0.4, 0.5) is 0 Å². The Morgan fingerprint density at radius 2 is 2.20 bits per heavy atom. The van der Waals surface area contributed by atoms with Crippen LogP contribution in [0.3, 0.4) is 0 Å². The van der Waals surface area contributed by atoms with Gasteiger partial charge < -0.3 is 14.5 Å². The molecule has 0 radical (unpaired) electrons. The summed E-state index contributed by atoms with van der Waals surface area (Å²) in [6, 6.07) is 0. The molecule has 1 rings (SSSR count). The second-order valence-electron chi connectivity index (χ2n) is 4.57. The number of hydrogen-bond donors (Lipinski definition) is 1. The maximum Gasteiger partial charge on any atom is 0.208 e. The molecule has 0 saturated heterocycles. The summed E-state index contributed by atoms with van der Waals surface area (Å²) in [5, 5.41) is 3.32. The van der Waals surface area contributed by atoms with Crippen LogP contribution >= 0.6 is 0 Å². The average molecular weight is 212 g/mol. The summed E-state index contributed by atoms with van der Waals surface area (Å²) in [5.74, 6) is 1.61. The number of aromatic nitrogens is 1. The van der Waals surface area contributed by atoms with Gasteiger partial charge in [0, 0.05) is 19.1 Å². The lowest BCUT2D eigenvalue weighted by atomic mass is 10.1. The third-order valence-corrected chi connectivity index (χ3v) is 1.92. The van der Waals surface area contributed by atoms with Crippen molar-refractivity contribution >= 4 is 0 Å². The fraction of sp³-hybridized carbons (Fsp3) is 0.727. The molecular formula is C11H20N2O2. The normalized spacial score (nSPS) is 12.0. The molecular weight excluding hydrogens is 192 g/mol. The number of oxazole rings is 1. The highest BCUT2D eigenvalue weighted by Gasteiger charge is 2.10. The molecule has 4 nitrogen and oxygen atoms in total. The minimum absolute atomic E-state index is 0.0845. The van der Waals surface area contributed by atoms with Gasteiger partial charge in [-0.15, -0.1) is 0 Å². The molecule has 0 saturated carbocycles. The molecule has 0 fully saturated rings. The van der Waals surface area contributed by atoms with Crippen molar-refractivity contribution in [1.82, 2.24) is 10.3 Å². The zero-order valence-electron chi connectivity index (χ0n) is 9.96. The molecule has 1 aromatic heterocycles. The Bertz CT molecular complexity index is 289. The number of nitrogens with one attached hydrogen (secondary N) is 1. The third kappa shape index (κ3) is 4.95.